The Morgan fingerprint density at radius 1 is 1.75 bits per heavy atom. The molecule has 0 aromatic heterocycles. The Kier molecular flexibility index (Phi) is 1.72. The Morgan fingerprint density at radius 2 is 2.50 bits per heavy atom. The maximum atomic E-state index is 2.39. The van der Waals surface area contributed by atoms with Crippen molar-refractivity contribution in [1.82, 2.24) is 0 Å². The van der Waals surface area contributed by atoms with Gasteiger partial charge in [-0.3, -0.25) is 0 Å². The summed E-state index contributed by atoms with van der Waals surface area (Å²) >= 11 is 0. The van der Waals surface area contributed by atoms with Crippen LogP contribution in [0.3, 0.4) is 0 Å². The molecule has 1 aliphatic rings. The van der Waals surface area contributed by atoms with E-state index in [0.717, 1.165) is 5.92 Å². The molecule has 0 aromatic carbocycles. The Balaban J connectivity index is 2.49. The fourth-order valence-electron chi connectivity index (χ4n) is 1.40. The van der Waals surface area contributed by atoms with E-state index in [0.29, 0.717) is 0 Å². The highest BCUT2D eigenvalue weighted by atomic mass is 14.2. The van der Waals surface area contributed by atoms with Gasteiger partial charge < -0.3 is 0 Å². The van der Waals surface area contributed by atoms with Crippen LogP contribution in [0.1, 0.15) is 33.1 Å². The number of hydrogen-bond acceptors (Lipinski definition) is 0. The van der Waals surface area contributed by atoms with Gasteiger partial charge in [-0.2, -0.15) is 0 Å². The van der Waals surface area contributed by atoms with Crippen molar-refractivity contribution in [2.45, 2.75) is 33.1 Å². The summed E-state index contributed by atoms with van der Waals surface area (Å²) in [6.45, 7) is 4.57. The molecule has 0 aromatic rings. The maximum absolute atomic E-state index is 2.39. The molecule has 0 amide bonds. The summed E-state index contributed by atoms with van der Waals surface area (Å²) in [4.78, 5) is 0. The minimum absolute atomic E-state index is 0.889. The second-order valence-electron chi connectivity index (χ2n) is 2.61. The molecular weight excluding hydrogens is 96.1 g/mol. The summed E-state index contributed by atoms with van der Waals surface area (Å²) in [7, 11) is 0. The molecule has 0 heteroatoms. The number of allylic oxidation sites excluding steroid dienone is 2. The molecule has 0 spiro atoms. The van der Waals surface area contributed by atoms with E-state index < -0.39 is 0 Å². The minimum Gasteiger partial charge on any atom is -0.0851 e. The highest BCUT2D eigenvalue weighted by molar-refractivity contribution is 5.10. The Hall–Kier alpha value is -0.260. The van der Waals surface area contributed by atoms with Crippen LogP contribution in [0.25, 0.3) is 0 Å². The normalized spacial score (nSPS) is 28.2. The fourth-order valence-corrected chi connectivity index (χ4v) is 1.40. The third-order valence-corrected chi connectivity index (χ3v) is 2.05. The van der Waals surface area contributed by atoms with Gasteiger partial charge in [-0.1, -0.05) is 25.5 Å². The minimum atomic E-state index is 0.889. The van der Waals surface area contributed by atoms with Crippen molar-refractivity contribution < 1.29 is 0 Å². The SMILES string of the molecule is CCC1=CCC[C@@H]1C. The predicted octanol–water partition coefficient (Wildman–Crippen LogP) is 2.75. The van der Waals surface area contributed by atoms with Crippen molar-refractivity contribution in [2.24, 2.45) is 5.92 Å². The van der Waals surface area contributed by atoms with E-state index in [1.807, 2.05) is 0 Å². The zero-order valence-electron chi connectivity index (χ0n) is 5.78. The van der Waals surface area contributed by atoms with Crippen LogP contribution in [0.5, 0.6) is 0 Å². The van der Waals surface area contributed by atoms with Crippen molar-refractivity contribution in [1.29, 1.82) is 0 Å². The third-order valence-electron chi connectivity index (χ3n) is 2.05. The van der Waals surface area contributed by atoms with Gasteiger partial charge in [0.1, 0.15) is 0 Å². The van der Waals surface area contributed by atoms with Gasteiger partial charge in [0.05, 0.1) is 0 Å². The van der Waals surface area contributed by atoms with Crippen LogP contribution in [0.15, 0.2) is 11.6 Å². The van der Waals surface area contributed by atoms with Crippen molar-refractivity contribution in [3.8, 4) is 0 Å². The van der Waals surface area contributed by atoms with Crippen LogP contribution in [0.4, 0.5) is 0 Å². The summed E-state index contributed by atoms with van der Waals surface area (Å²) in [6.07, 6.45) is 6.37. The van der Waals surface area contributed by atoms with Crippen molar-refractivity contribution in [2.75, 3.05) is 0 Å². The Morgan fingerprint density at radius 3 is 2.75 bits per heavy atom. The first-order valence-corrected chi connectivity index (χ1v) is 3.53. The highest BCUT2D eigenvalue weighted by Crippen LogP contribution is 2.26. The van der Waals surface area contributed by atoms with Crippen LogP contribution < -0.4 is 0 Å². The molecule has 0 radical (unpaired) electrons. The summed E-state index contributed by atoms with van der Waals surface area (Å²) in [5.74, 6) is 0.889. The summed E-state index contributed by atoms with van der Waals surface area (Å²) in [5.41, 5.74) is 1.67. The lowest BCUT2D eigenvalue weighted by atomic mass is 10.0. The van der Waals surface area contributed by atoms with E-state index in [9.17, 15) is 0 Å². The molecule has 46 valence electrons. The van der Waals surface area contributed by atoms with Gasteiger partial charge in [0.15, 0.2) is 0 Å². The average molecular weight is 110 g/mol. The second kappa shape index (κ2) is 2.34. The van der Waals surface area contributed by atoms with E-state index in [1.165, 1.54) is 19.3 Å². The van der Waals surface area contributed by atoms with Crippen LogP contribution >= 0.6 is 0 Å². The van der Waals surface area contributed by atoms with Gasteiger partial charge in [-0.15, -0.1) is 0 Å². The van der Waals surface area contributed by atoms with Crippen LogP contribution in [-0.2, 0) is 0 Å². The molecule has 8 heavy (non-hydrogen) atoms. The lowest BCUT2D eigenvalue weighted by Crippen LogP contribution is -1.89. The smallest absolute Gasteiger partial charge is 0.0229 e. The van der Waals surface area contributed by atoms with Crippen LogP contribution in [0, 0.1) is 5.92 Å². The first-order valence-electron chi connectivity index (χ1n) is 3.53. The number of hydrogen-bond donors (Lipinski definition) is 0. The first kappa shape index (κ1) is 5.87. The van der Waals surface area contributed by atoms with Gasteiger partial charge >= 0.3 is 0 Å². The predicted molar refractivity (Wildman–Crippen MR) is 36.8 cm³/mol. The molecule has 0 fully saturated rings. The van der Waals surface area contributed by atoms with Crippen molar-refractivity contribution >= 4 is 0 Å². The first-order chi connectivity index (χ1) is 3.84. The van der Waals surface area contributed by atoms with E-state index >= 15 is 0 Å². The molecular formula is C8H14. The van der Waals surface area contributed by atoms with Crippen LogP contribution in [-0.4, -0.2) is 0 Å². The molecule has 0 nitrogen and oxygen atoms in total. The highest BCUT2D eigenvalue weighted by Gasteiger charge is 2.10. The summed E-state index contributed by atoms with van der Waals surface area (Å²) in [6, 6.07) is 0. The quantitative estimate of drug-likeness (QED) is 0.455. The molecule has 1 aliphatic carbocycles. The van der Waals surface area contributed by atoms with E-state index in [-0.39, 0.29) is 0 Å². The zero-order chi connectivity index (χ0) is 5.98. The molecule has 0 unspecified atom stereocenters. The Bertz CT molecular complexity index is 101. The maximum Gasteiger partial charge on any atom is -0.0229 e. The van der Waals surface area contributed by atoms with Gasteiger partial charge in [0.2, 0.25) is 0 Å². The topological polar surface area (TPSA) is 0 Å². The molecule has 1 atom stereocenters. The monoisotopic (exact) mass is 110 g/mol. The standard InChI is InChI=1S/C8H14/c1-3-8-6-4-5-7(8)2/h6-7H,3-5H2,1-2H3/t7-/m0/s1. The largest absolute Gasteiger partial charge is 0.0851 e. The van der Waals surface area contributed by atoms with Crippen LogP contribution in [0.2, 0.25) is 0 Å². The molecule has 0 heterocycles. The average Bonchev–Trinajstić information content (AvgIpc) is 2.14. The van der Waals surface area contributed by atoms with E-state index in [4.69, 9.17) is 0 Å². The van der Waals surface area contributed by atoms with Gasteiger partial charge in [0.25, 0.3) is 0 Å². The van der Waals surface area contributed by atoms with Gasteiger partial charge in [-0.25, -0.2) is 0 Å². The molecule has 0 saturated heterocycles. The summed E-state index contributed by atoms with van der Waals surface area (Å²) in [5, 5.41) is 0. The Labute approximate surface area is 51.6 Å². The fraction of sp³-hybridized carbons (Fsp3) is 0.750. The van der Waals surface area contributed by atoms with Crippen molar-refractivity contribution in [3.63, 3.8) is 0 Å². The number of rotatable bonds is 1. The molecule has 0 aliphatic heterocycles. The van der Waals surface area contributed by atoms with Crippen molar-refractivity contribution in [3.05, 3.63) is 11.6 Å². The van der Waals surface area contributed by atoms with E-state index in [1.54, 1.807) is 5.57 Å². The molecule has 0 saturated carbocycles. The summed E-state index contributed by atoms with van der Waals surface area (Å²) < 4.78 is 0. The van der Waals surface area contributed by atoms with E-state index in [2.05, 4.69) is 19.9 Å². The zero-order valence-corrected chi connectivity index (χ0v) is 5.78. The lowest BCUT2D eigenvalue weighted by molar-refractivity contribution is 0.652. The van der Waals surface area contributed by atoms with Gasteiger partial charge in [-0.05, 0) is 25.2 Å². The third kappa shape index (κ3) is 0.936. The second-order valence-corrected chi connectivity index (χ2v) is 2.61. The van der Waals surface area contributed by atoms with Gasteiger partial charge in [0, 0.05) is 0 Å². The molecule has 1 rings (SSSR count). The molecule has 0 bridgehead atoms. The lowest BCUT2D eigenvalue weighted by Gasteiger charge is -2.03. The molecule has 0 N–H and O–H groups in total.